The summed E-state index contributed by atoms with van der Waals surface area (Å²) in [5, 5.41) is 11.4. The van der Waals surface area contributed by atoms with Crippen molar-refractivity contribution in [2.45, 2.75) is 44.0 Å². The molecule has 1 saturated heterocycles. The van der Waals surface area contributed by atoms with Crippen LogP contribution in [0.2, 0.25) is 0 Å². The van der Waals surface area contributed by atoms with Crippen LogP contribution >= 0.6 is 0 Å². The van der Waals surface area contributed by atoms with Gasteiger partial charge in [-0.05, 0) is 38.8 Å². The lowest BCUT2D eigenvalue weighted by Crippen LogP contribution is -2.47. The molecule has 1 heterocycles. The van der Waals surface area contributed by atoms with Crippen LogP contribution in [-0.2, 0) is 19.6 Å². The van der Waals surface area contributed by atoms with Crippen LogP contribution in [0, 0.1) is 12.8 Å². The Morgan fingerprint density at radius 1 is 1.32 bits per heavy atom. The third-order valence-electron chi connectivity index (χ3n) is 4.28. The van der Waals surface area contributed by atoms with Crippen molar-refractivity contribution in [3.8, 4) is 0 Å². The first-order valence-corrected chi connectivity index (χ1v) is 9.73. The van der Waals surface area contributed by atoms with E-state index in [4.69, 9.17) is 5.11 Å². The van der Waals surface area contributed by atoms with Crippen molar-refractivity contribution >= 4 is 21.9 Å². The zero-order valence-corrected chi connectivity index (χ0v) is 15.3. The topological polar surface area (TPSA) is 104 Å². The molecule has 8 heteroatoms. The molecular weight excluding hydrogens is 344 g/mol. The van der Waals surface area contributed by atoms with Crippen molar-refractivity contribution < 1.29 is 23.1 Å². The first kappa shape index (κ1) is 19.4. The van der Waals surface area contributed by atoms with E-state index in [1.54, 1.807) is 31.2 Å². The number of aryl methyl sites for hydroxylation is 1. The Bertz CT molecular complexity index is 730. The van der Waals surface area contributed by atoms with E-state index in [0.717, 1.165) is 5.56 Å². The number of carbonyl (C=O) groups excluding carboxylic acids is 1. The number of piperidine rings is 1. The lowest BCUT2D eigenvalue weighted by molar-refractivity contribution is -0.137. The Morgan fingerprint density at radius 3 is 2.56 bits per heavy atom. The first-order valence-electron chi connectivity index (χ1n) is 8.29. The number of nitrogens with zero attached hydrogens (tertiary/aromatic N) is 1. The third-order valence-corrected chi connectivity index (χ3v) is 6.16. The highest BCUT2D eigenvalue weighted by Crippen LogP contribution is 2.24. The number of carboxylic acids is 1. The quantitative estimate of drug-likeness (QED) is 0.789. The highest BCUT2D eigenvalue weighted by molar-refractivity contribution is 7.89. The van der Waals surface area contributed by atoms with Gasteiger partial charge in [-0.15, -0.1) is 0 Å². The Hall–Kier alpha value is -1.93. The molecule has 25 heavy (non-hydrogen) atoms. The summed E-state index contributed by atoms with van der Waals surface area (Å²) in [4.78, 5) is 23.2. The molecule has 0 spiro atoms. The summed E-state index contributed by atoms with van der Waals surface area (Å²) in [7, 11) is -3.63. The molecule has 0 bridgehead atoms. The van der Waals surface area contributed by atoms with Gasteiger partial charge in [0.25, 0.3) is 0 Å². The van der Waals surface area contributed by atoms with Gasteiger partial charge in [0.1, 0.15) is 0 Å². The number of carbonyl (C=O) groups is 2. The van der Waals surface area contributed by atoms with Gasteiger partial charge in [-0.1, -0.05) is 17.7 Å². The molecule has 0 aliphatic carbocycles. The molecule has 1 aromatic rings. The fraction of sp³-hybridized carbons (Fsp3) is 0.529. The second kappa shape index (κ2) is 7.97. The second-order valence-electron chi connectivity index (χ2n) is 6.52. The highest BCUT2D eigenvalue weighted by atomic mass is 32.2. The second-order valence-corrected chi connectivity index (χ2v) is 8.46. The minimum Gasteiger partial charge on any atom is -0.481 e. The smallest absolute Gasteiger partial charge is 0.305 e. The van der Waals surface area contributed by atoms with Crippen molar-refractivity contribution in [2.24, 2.45) is 5.92 Å². The van der Waals surface area contributed by atoms with Crippen molar-refractivity contribution in [3.63, 3.8) is 0 Å². The standard InChI is InChI=1S/C17H24N2O5S/c1-12-5-7-15(8-6-12)25(23,24)19-9-3-4-14(11-19)17(22)18-13(2)10-16(20)21/h5-8,13-14H,3-4,9-11H2,1-2H3,(H,18,22)(H,20,21). The maximum absolute atomic E-state index is 12.8. The molecule has 0 aromatic heterocycles. The molecule has 0 saturated carbocycles. The molecule has 138 valence electrons. The van der Waals surface area contributed by atoms with Gasteiger partial charge in [0.2, 0.25) is 15.9 Å². The lowest BCUT2D eigenvalue weighted by atomic mass is 9.98. The van der Waals surface area contributed by atoms with Crippen LogP contribution in [0.5, 0.6) is 0 Å². The molecule has 2 N–H and O–H groups in total. The van der Waals surface area contributed by atoms with E-state index >= 15 is 0 Å². The van der Waals surface area contributed by atoms with Gasteiger partial charge < -0.3 is 10.4 Å². The number of nitrogens with one attached hydrogen (secondary N) is 1. The highest BCUT2D eigenvalue weighted by Gasteiger charge is 2.33. The van der Waals surface area contributed by atoms with Crippen LogP contribution in [0.3, 0.4) is 0 Å². The van der Waals surface area contributed by atoms with Crippen molar-refractivity contribution in [1.82, 2.24) is 9.62 Å². The van der Waals surface area contributed by atoms with Gasteiger partial charge in [0.15, 0.2) is 0 Å². The van der Waals surface area contributed by atoms with E-state index in [-0.39, 0.29) is 23.8 Å². The fourth-order valence-electron chi connectivity index (χ4n) is 2.91. The maximum atomic E-state index is 12.8. The molecule has 2 atom stereocenters. The summed E-state index contributed by atoms with van der Waals surface area (Å²) in [6.45, 7) is 4.00. The third kappa shape index (κ3) is 5.02. The van der Waals surface area contributed by atoms with E-state index in [1.165, 1.54) is 4.31 Å². The largest absolute Gasteiger partial charge is 0.481 e. The van der Waals surface area contributed by atoms with Gasteiger partial charge >= 0.3 is 5.97 Å². The number of benzene rings is 1. The van der Waals surface area contributed by atoms with E-state index in [9.17, 15) is 18.0 Å². The molecular formula is C17H24N2O5S. The molecule has 1 amide bonds. The molecule has 7 nitrogen and oxygen atoms in total. The number of carboxylic acid groups (broad SMARTS) is 1. The summed E-state index contributed by atoms with van der Waals surface area (Å²) in [6.07, 6.45) is 1.02. The monoisotopic (exact) mass is 368 g/mol. The van der Waals surface area contributed by atoms with Crippen LogP contribution in [0.25, 0.3) is 0 Å². The number of aliphatic carboxylic acids is 1. The molecule has 1 aromatic carbocycles. The number of rotatable bonds is 6. The molecule has 2 unspecified atom stereocenters. The van der Waals surface area contributed by atoms with Crippen molar-refractivity contribution in [1.29, 1.82) is 0 Å². The van der Waals surface area contributed by atoms with Crippen LogP contribution in [0.1, 0.15) is 31.7 Å². The summed E-state index contributed by atoms with van der Waals surface area (Å²) in [6, 6.07) is 6.14. The van der Waals surface area contributed by atoms with Gasteiger partial charge in [-0.2, -0.15) is 4.31 Å². The van der Waals surface area contributed by atoms with Gasteiger partial charge in [-0.3, -0.25) is 9.59 Å². The number of hydrogen-bond acceptors (Lipinski definition) is 4. The predicted octanol–water partition coefficient (Wildman–Crippen LogP) is 1.38. The average molecular weight is 368 g/mol. The number of amides is 1. The summed E-state index contributed by atoms with van der Waals surface area (Å²) in [5.41, 5.74) is 0.974. The molecule has 2 rings (SSSR count). The van der Waals surface area contributed by atoms with Crippen LogP contribution in [-0.4, -0.2) is 48.8 Å². The number of hydrogen-bond donors (Lipinski definition) is 2. The Labute approximate surface area is 148 Å². The van der Waals surface area contributed by atoms with Gasteiger partial charge in [0, 0.05) is 19.1 Å². The van der Waals surface area contributed by atoms with Gasteiger partial charge in [0.05, 0.1) is 17.2 Å². The SMILES string of the molecule is Cc1ccc(S(=O)(=O)N2CCCC(C(=O)NC(C)CC(=O)O)C2)cc1. The molecule has 1 fully saturated rings. The average Bonchev–Trinajstić information content (AvgIpc) is 2.54. The van der Waals surface area contributed by atoms with Crippen LogP contribution in [0.4, 0.5) is 0 Å². The van der Waals surface area contributed by atoms with Crippen LogP contribution in [0.15, 0.2) is 29.2 Å². The Morgan fingerprint density at radius 2 is 1.96 bits per heavy atom. The van der Waals surface area contributed by atoms with E-state index < -0.39 is 28.0 Å². The zero-order valence-electron chi connectivity index (χ0n) is 14.4. The van der Waals surface area contributed by atoms with Crippen molar-refractivity contribution in [3.05, 3.63) is 29.8 Å². The predicted molar refractivity (Wildman–Crippen MR) is 92.5 cm³/mol. The van der Waals surface area contributed by atoms with Crippen molar-refractivity contribution in [2.75, 3.05) is 13.1 Å². The Kier molecular flexibility index (Phi) is 6.18. The summed E-state index contributed by atoms with van der Waals surface area (Å²) < 4.78 is 26.8. The summed E-state index contributed by atoms with van der Waals surface area (Å²) in [5.74, 6) is -1.75. The normalized spacial score (nSPS) is 20.0. The van der Waals surface area contributed by atoms with E-state index in [1.807, 2.05) is 6.92 Å². The minimum absolute atomic E-state index is 0.113. The van der Waals surface area contributed by atoms with E-state index in [0.29, 0.717) is 19.4 Å². The zero-order chi connectivity index (χ0) is 18.6. The van der Waals surface area contributed by atoms with Crippen LogP contribution < -0.4 is 5.32 Å². The summed E-state index contributed by atoms with van der Waals surface area (Å²) >= 11 is 0. The fourth-order valence-corrected chi connectivity index (χ4v) is 4.43. The van der Waals surface area contributed by atoms with Gasteiger partial charge in [-0.25, -0.2) is 8.42 Å². The molecule has 1 aliphatic heterocycles. The van der Waals surface area contributed by atoms with E-state index in [2.05, 4.69) is 5.32 Å². The molecule has 1 aliphatic rings. The Balaban J connectivity index is 2.05. The molecule has 0 radical (unpaired) electrons. The lowest BCUT2D eigenvalue weighted by Gasteiger charge is -2.31. The maximum Gasteiger partial charge on any atom is 0.305 e. The minimum atomic E-state index is -3.63. The first-order chi connectivity index (χ1) is 11.7. The number of sulfonamides is 1.